The molecule has 0 aromatic carbocycles. The molecule has 1 aliphatic rings. The SMILES string of the molecule is CC(C)(C)OC(=O)NC1(CC(=O)O)CCC(CN)C1. The Kier molecular flexibility index (Phi) is 4.79. The van der Waals surface area contributed by atoms with Gasteiger partial charge in [-0.3, -0.25) is 4.79 Å². The van der Waals surface area contributed by atoms with Crippen LogP contribution in [0.3, 0.4) is 0 Å². The fourth-order valence-corrected chi connectivity index (χ4v) is 2.57. The summed E-state index contributed by atoms with van der Waals surface area (Å²) in [6.45, 7) is 5.83. The molecule has 0 aromatic heterocycles. The molecule has 1 saturated carbocycles. The monoisotopic (exact) mass is 272 g/mol. The Balaban J connectivity index is 2.71. The van der Waals surface area contributed by atoms with Gasteiger partial charge in [-0.2, -0.15) is 0 Å². The Morgan fingerprint density at radius 1 is 1.47 bits per heavy atom. The summed E-state index contributed by atoms with van der Waals surface area (Å²) in [5.41, 5.74) is 4.31. The number of hydrogen-bond donors (Lipinski definition) is 3. The van der Waals surface area contributed by atoms with Gasteiger partial charge in [0.2, 0.25) is 0 Å². The van der Waals surface area contributed by atoms with Gasteiger partial charge in [0, 0.05) is 0 Å². The number of alkyl carbamates (subject to hydrolysis) is 1. The van der Waals surface area contributed by atoms with Crippen LogP contribution in [-0.4, -0.2) is 34.9 Å². The number of carboxylic acid groups (broad SMARTS) is 1. The van der Waals surface area contributed by atoms with Gasteiger partial charge in [-0.25, -0.2) is 4.79 Å². The molecule has 0 heterocycles. The molecule has 1 aliphatic carbocycles. The molecular weight excluding hydrogens is 248 g/mol. The summed E-state index contributed by atoms with van der Waals surface area (Å²) in [5.74, 6) is -0.664. The van der Waals surface area contributed by atoms with Gasteiger partial charge in [0.15, 0.2) is 0 Å². The molecule has 0 radical (unpaired) electrons. The first kappa shape index (κ1) is 15.8. The first-order valence-electron chi connectivity index (χ1n) is 6.59. The molecule has 4 N–H and O–H groups in total. The third kappa shape index (κ3) is 5.06. The van der Waals surface area contributed by atoms with Gasteiger partial charge >= 0.3 is 12.1 Å². The van der Waals surface area contributed by atoms with Crippen molar-refractivity contribution in [2.24, 2.45) is 11.7 Å². The summed E-state index contributed by atoms with van der Waals surface area (Å²) >= 11 is 0. The number of nitrogens with one attached hydrogen (secondary N) is 1. The van der Waals surface area contributed by atoms with Crippen molar-refractivity contribution in [1.82, 2.24) is 5.32 Å². The van der Waals surface area contributed by atoms with Crippen LogP contribution in [0.25, 0.3) is 0 Å². The minimum Gasteiger partial charge on any atom is -0.481 e. The molecule has 6 nitrogen and oxygen atoms in total. The van der Waals surface area contributed by atoms with E-state index in [9.17, 15) is 9.59 Å². The van der Waals surface area contributed by atoms with E-state index in [1.165, 1.54) is 0 Å². The van der Waals surface area contributed by atoms with E-state index >= 15 is 0 Å². The van der Waals surface area contributed by atoms with Crippen LogP contribution >= 0.6 is 0 Å². The number of carbonyl (C=O) groups excluding carboxylic acids is 1. The lowest BCUT2D eigenvalue weighted by Gasteiger charge is -2.30. The lowest BCUT2D eigenvalue weighted by atomic mass is 9.92. The normalized spacial score (nSPS) is 27.1. The molecule has 2 atom stereocenters. The van der Waals surface area contributed by atoms with Gasteiger partial charge in [0.25, 0.3) is 0 Å². The van der Waals surface area contributed by atoms with E-state index in [4.69, 9.17) is 15.6 Å². The predicted octanol–water partition coefficient (Wildman–Crippen LogP) is 1.48. The maximum absolute atomic E-state index is 11.8. The van der Waals surface area contributed by atoms with Gasteiger partial charge in [0.05, 0.1) is 12.0 Å². The Labute approximate surface area is 113 Å². The summed E-state index contributed by atoms with van der Waals surface area (Å²) in [6, 6.07) is 0. The molecule has 0 bridgehead atoms. The zero-order chi connectivity index (χ0) is 14.7. The van der Waals surface area contributed by atoms with Crippen molar-refractivity contribution in [1.29, 1.82) is 0 Å². The molecule has 1 amide bonds. The van der Waals surface area contributed by atoms with Crippen LogP contribution in [0.2, 0.25) is 0 Å². The largest absolute Gasteiger partial charge is 0.481 e. The average molecular weight is 272 g/mol. The summed E-state index contributed by atoms with van der Waals surface area (Å²) in [7, 11) is 0. The second-order valence-corrected chi connectivity index (χ2v) is 6.32. The molecule has 1 fully saturated rings. The first-order valence-corrected chi connectivity index (χ1v) is 6.59. The van der Waals surface area contributed by atoms with Crippen molar-refractivity contribution in [3.8, 4) is 0 Å². The third-order valence-corrected chi connectivity index (χ3v) is 3.30. The molecule has 2 unspecified atom stereocenters. The van der Waals surface area contributed by atoms with Crippen LogP contribution in [0.5, 0.6) is 0 Å². The van der Waals surface area contributed by atoms with Crippen molar-refractivity contribution in [3.05, 3.63) is 0 Å². The molecule has 6 heteroatoms. The average Bonchev–Trinajstić information content (AvgIpc) is 2.56. The fourth-order valence-electron chi connectivity index (χ4n) is 2.57. The van der Waals surface area contributed by atoms with E-state index < -0.39 is 23.2 Å². The van der Waals surface area contributed by atoms with Gasteiger partial charge in [-0.1, -0.05) is 0 Å². The zero-order valence-electron chi connectivity index (χ0n) is 11.9. The Bertz CT molecular complexity index is 351. The molecule has 0 aliphatic heterocycles. The topological polar surface area (TPSA) is 102 Å². The van der Waals surface area contributed by atoms with E-state index in [2.05, 4.69) is 5.32 Å². The maximum atomic E-state index is 11.8. The molecule has 1 rings (SSSR count). The van der Waals surface area contributed by atoms with Crippen molar-refractivity contribution in [3.63, 3.8) is 0 Å². The lowest BCUT2D eigenvalue weighted by Crippen LogP contribution is -2.50. The number of rotatable bonds is 4. The highest BCUT2D eigenvalue weighted by molar-refractivity contribution is 5.73. The smallest absolute Gasteiger partial charge is 0.408 e. The van der Waals surface area contributed by atoms with Gasteiger partial charge < -0.3 is 20.9 Å². The summed E-state index contributed by atoms with van der Waals surface area (Å²) in [4.78, 5) is 22.8. The summed E-state index contributed by atoms with van der Waals surface area (Å²) in [5, 5.41) is 11.8. The number of carboxylic acids is 1. The quantitative estimate of drug-likeness (QED) is 0.719. The highest BCUT2D eigenvalue weighted by atomic mass is 16.6. The molecular formula is C13H24N2O4. The van der Waals surface area contributed by atoms with E-state index in [-0.39, 0.29) is 12.3 Å². The van der Waals surface area contributed by atoms with E-state index in [0.29, 0.717) is 19.4 Å². The van der Waals surface area contributed by atoms with E-state index in [1.54, 1.807) is 20.8 Å². The van der Waals surface area contributed by atoms with Crippen molar-refractivity contribution < 1.29 is 19.4 Å². The molecule has 0 aromatic rings. The van der Waals surface area contributed by atoms with Crippen LogP contribution in [0, 0.1) is 5.92 Å². The molecule has 0 spiro atoms. The lowest BCUT2D eigenvalue weighted by molar-refractivity contribution is -0.138. The minimum absolute atomic E-state index is 0.0945. The van der Waals surface area contributed by atoms with Crippen molar-refractivity contribution >= 4 is 12.1 Å². The number of amides is 1. The fraction of sp³-hybridized carbons (Fsp3) is 0.846. The second kappa shape index (κ2) is 5.77. The van der Waals surface area contributed by atoms with Crippen molar-refractivity contribution in [2.75, 3.05) is 6.54 Å². The molecule has 19 heavy (non-hydrogen) atoms. The number of carbonyl (C=O) groups is 2. The predicted molar refractivity (Wildman–Crippen MR) is 70.7 cm³/mol. The highest BCUT2D eigenvalue weighted by Gasteiger charge is 2.42. The number of ether oxygens (including phenoxy) is 1. The number of hydrogen-bond acceptors (Lipinski definition) is 4. The van der Waals surface area contributed by atoms with Gasteiger partial charge in [-0.15, -0.1) is 0 Å². The Hall–Kier alpha value is -1.30. The standard InChI is InChI=1S/C13H24N2O4/c1-12(2,3)19-11(18)15-13(7-10(16)17)5-4-9(6-13)8-14/h9H,4-8,14H2,1-3H3,(H,15,18)(H,16,17). The van der Waals surface area contributed by atoms with Crippen LogP contribution in [0.1, 0.15) is 46.5 Å². The van der Waals surface area contributed by atoms with Gasteiger partial charge in [0.1, 0.15) is 5.60 Å². The first-order chi connectivity index (χ1) is 8.66. The maximum Gasteiger partial charge on any atom is 0.408 e. The second-order valence-electron chi connectivity index (χ2n) is 6.32. The van der Waals surface area contributed by atoms with Crippen LogP contribution in [-0.2, 0) is 9.53 Å². The summed E-state index contributed by atoms with van der Waals surface area (Å²) < 4.78 is 5.20. The minimum atomic E-state index is -0.922. The van der Waals surface area contributed by atoms with Crippen LogP contribution in [0.4, 0.5) is 4.79 Å². The highest BCUT2D eigenvalue weighted by Crippen LogP contribution is 2.36. The number of nitrogens with two attached hydrogens (primary N) is 1. The zero-order valence-corrected chi connectivity index (χ0v) is 11.9. The van der Waals surface area contributed by atoms with Gasteiger partial charge in [-0.05, 0) is 52.5 Å². The van der Waals surface area contributed by atoms with E-state index in [0.717, 1.165) is 6.42 Å². The molecule has 0 saturated heterocycles. The van der Waals surface area contributed by atoms with E-state index in [1.807, 2.05) is 0 Å². The van der Waals surface area contributed by atoms with Crippen molar-refractivity contribution in [2.45, 2.75) is 57.6 Å². The Morgan fingerprint density at radius 3 is 2.53 bits per heavy atom. The summed E-state index contributed by atoms with van der Waals surface area (Å²) in [6.07, 6.45) is 1.39. The molecule has 110 valence electrons. The number of aliphatic carboxylic acids is 1. The third-order valence-electron chi connectivity index (χ3n) is 3.30. The Morgan fingerprint density at radius 2 is 2.11 bits per heavy atom. The van der Waals surface area contributed by atoms with Crippen LogP contribution in [0.15, 0.2) is 0 Å². The van der Waals surface area contributed by atoms with Crippen LogP contribution < -0.4 is 11.1 Å².